The zero-order chi connectivity index (χ0) is 24.7. The molecular formula is C23H21ClFN3O6. The number of amides is 2. The van der Waals surface area contributed by atoms with Crippen LogP contribution in [0.4, 0.5) is 9.18 Å². The molecule has 0 unspecified atom stereocenters. The maximum atomic E-state index is 13.6. The summed E-state index contributed by atoms with van der Waals surface area (Å²) in [5.41, 5.74) is 2.27. The zero-order valence-corrected chi connectivity index (χ0v) is 18.5. The van der Waals surface area contributed by atoms with E-state index in [0.717, 1.165) is 5.56 Å². The lowest BCUT2D eigenvalue weighted by molar-refractivity contribution is 0.0696. The van der Waals surface area contributed by atoms with Gasteiger partial charge in [0.15, 0.2) is 11.4 Å². The molecule has 0 bridgehead atoms. The Morgan fingerprint density at radius 1 is 1.12 bits per heavy atom. The molecule has 3 rings (SSSR count). The highest BCUT2D eigenvalue weighted by atomic mass is 35.5. The molecule has 0 atom stereocenters. The van der Waals surface area contributed by atoms with Gasteiger partial charge in [0.25, 0.3) is 5.91 Å². The van der Waals surface area contributed by atoms with Crippen molar-refractivity contribution in [1.82, 2.24) is 15.4 Å². The van der Waals surface area contributed by atoms with E-state index in [0.29, 0.717) is 5.56 Å². The van der Waals surface area contributed by atoms with Crippen LogP contribution < -0.4 is 5.48 Å². The van der Waals surface area contributed by atoms with E-state index in [1.165, 1.54) is 34.8 Å². The number of halogens is 2. The Labute approximate surface area is 199 Å². The summed E-state index contributed by atoms with van der Waals surface area (Å²) in [4.78, 5) is 29.7. The fourth-order valence-corrected chi connectivity index (χ4v) is 3.37. The Morgan fingerprint density at radius 3 is 2.50 bits per heavy atom. The first-order valence-corrected chi connectivity index (χ1v) is 10.4. The number of carbonyl (C=O) groups is 2. The van der Waals surface area contributed by atoms with Gasteiger partial charge in [0.2, 0.25) is 0 Å². The molecule has 2 amide bonds. The number of pyridine rings is 1. The van der Waals surface area contributed by atoms with Crippen molar-refractivity contribution in [2.24, 2.45) is 0 Å². The van der Waals surface area contributed by atoms with Crippen molar-refractivity contribution in [1.29, 1.82) is 0 Å². The van der Waals surface area contributed by atoms with Crippen LogP contribution in [0.2, 0.25) is 5.02 Å². The van der Waals surface area contributed by atoms with Gasteiger partial charge in [-0.3, -0.25) is 14.9 Å². The molecule has 178 valence electrons. The quantitative estimate of drug-likeness (QED) is 0.281. The Kier molecular flexibility index (Phi) is 8.36. The summed E-state index contributed by atoms with van der Waals surface area (Å²) in [6, 6.07) is 13.0. The van der Waals surface area contributed by atoms with Crippen LogP contribution in [-0.4, -0.2) is 37.3 Å². The van der Waals surface area contributed by atoms with Crippen LogP contribution in [0, 0.1) is 5.82 Å². The third-order valence-electron chi connectivity index (χ3n) is 4.90. The van der Waals surface area contributed by atoms with E-state index in [9.17, 15) is 24.2 Å². The number of hydrogen-bond donors (Lipinski definition) is 4. The second kappa shape index (κ2) is 11.4. The first-order valence-electron chi connectivity index (χ1n) is 9.98. The molecule has 0 spiro atoms. The van der Waals surface area contributed by atoms with E-state index in [-0.39, 0.29) is 35.8 Å². The molecule has 0 saturated heterocycles. The van der Waals surface area contributed by atoms with Gasteiger partial charge in [0.05, 0.1) is 18.2 Å². The number of aliphatic hydroxyl groups excluding tert-OH is 1. The number of aromatic hydroxyl groups is 1. The fourth-order valence-electron chi connectivity index (χ4n) is 3.17. The van der Waals surface area contributed by atoms with E-state index in [1.807, 2.05) is 6.07 Å². The Balaban J connectivity index is 1.89. The summed E-state index contributed by atoms with van der Waals surface area (Å²) in [7, 11) is 0. The van der Waals surface area contributed by atoms with Crippen LogP contribution in [0.3, 0.4) is 0 Å². The largest absolute Gasteiger partial charge is 0.505 e. The van der Waals surface area contributed by atoms with Crippen LogP contribution >= 0.6 is 11.6 Å². The number of ether oxygens (including phenoxy) is 1. The molecule has 0 aliphatic rings. The lowest BCUT2D eigenvalue weighted by Crippen LogP contribution is -2.31. The molecule has 4 N–H and O–H groups in total. The van der Waals surface area contributed by atoms with E-state index in [2.05, 4.69) is 4.98 Å². The topological polar surface area (TPSA) is 132 Å². The van der Waals surface area contributed by atoms with E-state index < -0.39 is 35.9 Å². The predicted molar refractivity (Wildman–Crippen MR) is 118 cm³/mol. The van der Waals surface area contributed by atoms with Crippen molar-refractivity contribution < 1.29 is 34.1 Å². The third kappa shape index (κ3) is 5.98. The van der Waals surface area contributed by atoms with Gasteiger partial charge in [-0.1, -0.05) is 48.0 Å². The highest BCUT2D eigenvalue weighted by Crippen LogP contribution is 2.26. The minimum Gasteiger partial charge on any atom is -0.505 e. The van der Waals surface area contributed by atoms with Crippen LogP contribution in [0.15, 0.2) is 54.7 Å². The first kappa shape index (κ1) is 24.9. The van der Waals surface area contributed by atoms with Crippen LogP contribution in [-0.2, 0) is 31.0 Å². The molecule has 0 aliphatic carbocycles. The first-order chi connectivity index (χ1) is 16.3. The summed E-state index contributed by atoms with van der Waals surface area (Å²) < 4.78 is 19.0. The number of hydrogen-bond acceptors (Lipinski definition) is 7. The van der Waals surface area contributed by atoms with Crippen molar-refractivity contribution in [3.05, 3.63) is 93.5 Å². The molecule has 1 aromatic heterocycles. The molecule has 2 aromatic carbocycles. The van der Waals surface area contributed by atoms with E-state index in [4.69, 9.17) is 21.5 Å². The highest BCUT2D eigenvalue weighted by Gasteiger charge is 2.23. The number of hydroxylamine groups is 1. The van der Waals surface area contributed by atoms with Crippen molar-refractivity contribution in [2.45, 2.75) is 26.3 Å². The highest BCUT2D eigenvalue weighted by molar-refractivity contribution is 6.30. The fraction of sp³-hybridized carbons (Fsp3) is 0.174. The molecule has 34 heavy (non-hydrogen) atoms. The number of nitrogens with zero attached hydrogens (tertiary/aromatic N) is 2. The summed E-state index contributed by atoms with van der Waals surface area (Å²) in [5.74, 6) is -2.33. The minimum absolute atomic E-state index is 0.00763. The van der Waals surface area contributed by atoms with Gasteiger partial charge in [0.1, 0.15) is 12.4 Å². The molecule has 9 nitrogen and oxygen atoms in total. The number of aromatic nitrogens is 1. The van der Waals surface area contributed by atoms with Gasteiger partial charge < -0.3 is 14.9 Å². The lowest BCUT2D eigenvalue weighted by Gasteiger charge is -2.24. The standard InChI is InChI=1S/C23H21ClFN3O6/c24-18-8-15(6-7-19(18)25)10-28(23(32)34-13-14-4-2-1-3-5-14)11-16-9-26-20(22(31)27-33)21(30)17(16)12-29/h1-9,29-30,33H,10-13H2,(H,27,31). The molecule has 0 saturated carbocycles. The third-order valence-corrected chi connectivity index (χ3v) is 5.19. The Bertz CT molecular complexity index is 1180. The number of benzene rings is 2. The number of aliphatic hydroxyl groups is 1. The number of nitrogens with one attached hydrogen (secondary N) is 1. The van der Waals surface area contributed by atoms with Crippen molar-refractivity contribution in [3.8, 4) is 5.75 Å². The summed E-state index contributed by atoms with van der Waals surface area (Å²) in [6.07, 6.45) is 0.454. The van der Waals surface area contributed by atoms with Crippen LogP contribution in [0.1, 0.15) is 32.7 Å². The summed E-state index contributed by atoms with van der Waals surface area (Å²) >= 11 is 5.86. The molecule has 0 aliphatic heterocycles. The van der Waals surface area contributed by atoms with Gasteiger partial charge in [-0.05, 0) is 28.8 Å². The molecule has 0 fully saturated rings. The van der Waals surface area contributed by atoms with Crippen LogP contribution in [0.25, 0.3) is 0 Å². The average molecular weight is 490 g/mol. The molecule has 11 heteroatoms. The molecule has 1 heterocycles. The SMILES string of the molecule is O=C(NO)c1ncc(CN(Cc2ccc(F)c(Cl)c2)C(=O)OCc2ccccc2)c(CO)c1O. The monoisotopic (exact) mass is 489 g/mol. The van der Waals surface area contributed by atoms with Gasteiger partial charge in [-0.2, -0.15) is 0 Å². The van der Waals surface area contributed by atoms with E-state index in [1.54, 1.807) is 24.3 Å². The second-order valence-corrected chi connectivity index (χ2v) is 7.61. The zero-order valence-electron chi connectivity index (χ0n) is 17.7. The number of rotatable bonds is 8. The normalized spacial score (nSPS) is 10.6. The second-order valence-electron chi connectivity index (χ2n) is 7.20. The van der Waals surface area contributed by atoms with Gasteiger partial charge in [-0.25, -0.2) is 19.6 Å². The van der Waals surface area contributed by atoms with Crippen LogP contribution in [0.5, 0.6) is 5.75 Å². The maximum Gasteiger partial charge on any atom is 0.410 e. The van der Waals surface area contributed by atoms with E-state index >= 15 is 0 Å². The Morgan fingerprint density at radius 2 is 1.85 bits per heavy atom. The molecule has 3 aromatic rings. The smallest absolute Gasteiger partial charge is 0.410 e. The summed E-state index contributed by atoms with van der Waals surface area (Å²) in [6.45, 7) is -0.908. The lowest BCUT2D eigenvalue weighted by atomic mass is 10.1. The number of carbonyl (C=O) groups excluding carboxylic acids is 2. The van der Waals surface area contributed by atoms with Gasteiger partial charge in [0, 0.05) is 18.3 Å². The van der Waals surface area contributed by atoms with Crippen molar-refractivity contribution in [3.63, 3.8) is 0 Å². The maximum absolute atomic E-state index is 13.6. The van der Waals surface area contributed by atoms with Gasteiger partial charge in [-0.15, -0.1) is 0 Å². The average Bonchev–Trinajstić information content (AvgIpc) is 2.84. The minimum atomic E-state index is -1.07. The van der Waals surface area contributed by atoms with Gasteiger partial charge >= 0.3 is 6.09 Å². The molecule has 0 radical (unpaired) electrons. The van der Waals surface area contributed by atoms with Crippen molar-refractivity contribution >= 4 is 23.6 Å². The Hall–Kier alpha value is -3.73. The molecular weight excluding hydrogens is 469 g/mol. The van der Waals surface area contributed by atoms with Crippen molar-refractivity contribution in [2.75, 3.05) is 0 Å². The summed E-state index contributed by atoms with van der Waals surface area (Å²) in [5, 5.41) is 28.8. The predicted octanol–water partition coefficient (Wildman–Crippen LogP) is 3.53.